The first-order valence-corrected chi connectivity index (χ1v) is 6.85. The second-order valence-corrected chi connectivity index (χ2v) is 5.39. The number of aryl methyl sites for hydroxylation is 1. The number of nitro groups is 1. The zero-order valence-corrected chi connectivity index (χ0v) is 12.6. The van der Waals surface area contributed by atoms with Crippen molar-refractivity contribution < 1.29 is 4.92 Å². The van der Waals surface area contributed by atoms with Crippen molar-refractivity contribution in [2.45, 2.75) is 39.3 Å². The summed E-state index contributed by atoms with van der Waals surface area (Å²) < 4.78 is 3.32. The molecule has 0 fully saturated rings. The highest BCUT2D eigenvalue weighted by Crippen LogP contribution is 2.33. The van der Waals surface area contributed by atoms with E-state index in [1.165, 1.54) is 4.68 Å². The van der Waals surface area contributed by atoms with E-state index in [9.17, 15) is 10.1 Å². The Morgan fingerprint density at radius 3 is 2.67 bits per heavy atom. The van der Waals surface area contributed by atoms with E-state index in [0.29, 0.717) is 18.1 Å². The molecular formula is C13H20N6O2. The minimum absolute atomic E-state index is 0.00595. The third-order valence-electron chi connectivity index (χ3n) is 3.18. The van der Waals surface area contributed by atoms with Crippen molar-refractivity contribution in [1.82, 2.24) is 19.6 Å². The molecular weight excluding hydrogens is 272 g/mol. The maximum atomic E-state index is 11.4. The predicted molar refractivity (Wildman–Crippen MR) is 79.3 cm³/mol. The van der Waals surface area contributed by atoms with Crippen molar-refractivity contribution in [3.05, 3.63) is 34.3 Å². The topological polar surface area (TPSA) is 90.8 Å². The Labute approximate surface area is 122 Å². The lowest BCUT2D eigenvalue weighted by Crippen LogP contribution is -2.24. The number of hydrogen-bond donors (Lipinski definition) is 1. The third-order valence-corrected chi connectivity index (χ3v) is 3.18. The number of aromatic nitrogens is 4. The zero-order valence-electron chi connectivity index (χ0n) is 12.6. The SMILES string of the molecule is CC(Cn1cccn1)Nc1c([N+](=O)[O-])c(C(C)C)nn1C. The summed E-state index contributed by atoms with van der Waals surface area (Å²) >= 11 is 0. The molecule has 0 bridgehead atoms. The van der Waals surface area contributed by atoms with Gasteiger partial charge in [0.2, 0.25) is 5.82 Å². The molecule has 1 N–H and O–H groups in total. The minimum atomic E-state index is -0.370. The molecule has 2 aromatic heterocycles. The van der Waals surface area contributed by atoms with Gasteiger partial charge in [0.15, 0.2) is 0 Å². The first kappa shape index (κ1) is 15.0. The van der Waals surface area contributed by atoms with E-state index in [0.717, 1.165) is 0 Å². The van der Waals surface area contributed by atoms with Crippen LogP contribution in [-0.2, 0) is 13.6 Å². The number of anilines is 1. The average molecular weight is 292 g/mol. The van der Waals surface area contributed by atoms with Crippen LogP contribution in [-0.4, -0.2) is 30.5 Å². The molecule has 0 saturated heterocycles. The van der Waals surface area contributed by atoms with Gasteiger partial charge in [-0.05, 0) is 13.0 Å². The molecule has 0 aromatic carbocycles. The molecule has 0 aliphatic carbocycles. The van der Waals surface area contributed by atoms with Gasteiger partial charge >= 0.3 is 5.69 Å². The Bertz CT molecular complexity index is 617. The molecule has 8 heteroatoms. The zero-order chi connectivity index (χ0) is 15.6. The van der Waals surface area contributed by atoms with Crippen molar-refractivity contribution in [3.8, 4) is 0 Å². The smallest absolute Gasteiger partial charge is 0.334 e. The van der Waals surface area contributed by atoms with Crippen molar-refractivity contribution in [2.24, 2.45) is 7.05 Å². The van der Waals surface area contributed by atoms with Crippen molar-refractivity contribution in [1.29, 1.82) is 0 Å². The Kier molecular flexibility index (Phi) is 4.25. The minimum Gasteiger partial charge on any atom is -0.360 e. The molecule has 114 valence electrons. The van der Waals surface area contributed by atoms with Crippen LogP contribution >= 0.6 is 0 Å². The summed E-state index contributed by atoms with van der Waals surface area (Å²) in [6, 6.07) is 1.83. The van der Waals surface area contributed by atoms with E-state index in [1.54, 1.807) is 17.9 Å². The van der Waals surface area contributed by atoms with Crippen LogP contribution in [0.25, 0.3) is 0 Å². The van der Waals surface area contributed by atoms with Crippen LogP contribution in [0.15, 0.2) is 18.5 Å². The Hall–Kier alpha value is -2.38. The van der Waals surface area contributed by atoms with Gasteiger partial charge in [-0.1, -0.05) is 13.8 Å². The van der Waals surface area contributed by atoms with Gasteiger partial charge in [0.05, 0.1) is 11.5 Å². The van der Waals surface area contributed by atoms with E-state index in [-0.39, 0.29) is 22.6 Å². The lowest BCUT2D eigenvalue weighted by molar-refractivity contribution is -0.384. The van der Waals surface area contributed by atoms with E-state index >= 15 is 0 Å². The second-order valence-electron chi connectivity index (χ2n) is 5.39. The molecule has 2 heterocycles. The molecule has 0 aliphatic rings. The number of nitrogens with one attached hydrogen (secondary N) is 1. The summed E-state index contributed by atoms with van der Waals surface area (Å²) in [4.78, 5) is 11.0. The number of nitrogens with zero attached hydrogens (tertiary/aromatic N) is 5. The van der Waals surface area contributed by atoms with E-state index < -0.39 is 0 Å². The normalized spacial score (nSPS) is 12.6. The van der Waals surface area contributed by atoms with Crippen molar-refractivity contribution in [2.75, 3.05) is 5.32 Å². The quantitative estimate of drug-likeness (QED) is 0.650. The standard InChI is InChI=1S/C13H20N6O2/c1-9(2)11-12(19(20)21)13(17(4)16-11)15-10(3)8-18-7-5-6-14-18/h5-7,9-10,15H,8H2,1-4H3. The largest absolute Gasteiger partial charge is 0.360 e. The predicted octanol–water partition coefficient (Wildman–Crippen LogP) is 2.15. The van der Waals surface area contributed by atoms with Crippen LogP contribution in [0.2, 0.25) is 0 Å². The van der Waals surface area contributed by atoms with E-state index in [1.807, 2.05) is 33.0 Å². The second kappa shape index (κ2) is 5.94. The average Bonchev–Trinajstić information content (AvgIpc) is 2.98. The van der Waals surface area contributed by atoms with Gasteiger partial charge in [0.25, 0.3) is 0 Å². The fourth-order valence-electron chi connectivity index (χ4n) is 2.23. The molecule has 0 radical (unpaired) electrons. The monoisotopic (exact) mass is 292 g/mol. The molecule has 21 heavy (non-hydrogen) atoms. The Morgan fingerprint density at radius 1 is 1.43 bits per heavy atom. The summed E-state index contributed by atoms with van der Waals surface area (Å²) in [5.41, 5.74) is 0.552. The lowest BCUT2D eigenvalue weighted by Gasteiger charge is -2.14. The van der Waals surface area contributed by atoms with Crippen LogP contribution < -0.4 is 5.32 Å². The van der Waals surface area contributed by atoms with Crippen LogP contribution in [0.3, 0.4) is 0 Å². The summed E-state index contributed by atoms with van der Waals surface area (Å²) in [7, 11) is 1.71. The molecule has 0 amide bonds. The molecule has 2 rings (SSSR count). The fourth-order valence-corrected chi connectivity index (χ4v) is 2.23. The van der Waals surface area contributed by atoms with Crippen LogP contribution in [0.1, 0.15) is 32.4 Å². The van der Waals surface area contributed by atoms with Gasteiger partial charge in [-0.3, -0.25) is 14.8 Å². The molecule has 1 unspecified atom stereocenters. The first-order chi connectivity index (χ1) is 9.90. The Balaban J connectivity index is 2.24. The summed E-state index contributed by atoms with van der Waals surface area (Å²) in [5.74, 6) is 0.428. The molecule has 0 saturated carbocycles. The third kappa shape index (κ3) is 3.21. The van der Waals surface area contributed by atoms with Crippen molar-refractivity contribution in [3.63, 3.8) is 0 Å². The van der Waals surface area contributed by atoms with Crippen LogP contribution in [0, 0.1) is 10.1 Å². The summed E-state index contributed by atoms with van der Waals surface area (Å²) in [6.45, 7) is 6.36. The van der Waals surface area contributed by atoms with E-state index in [4.69, 9.17) is 0 Å². The fraction of sp³-hybridized carbons (Fsp3) is 0.538. The van der Waals surface area contributed by atoms with Crippen molar-refractivity contribution >= 4 is 11.5 Å². The van der Waals surface area contributed by atoms with Gasteiger partial charge < -0.3 is 5.32 Å². The van der Waals surface area contributed by atoms with Gasteiger partial charge in [0, 0.05) is 31.4 Å². The van der Waals surface area contributed by atoms with Gasteiger partial charge in [0.1, 0.15) is 5.69 Å². The van der Waals surface area contributed by atoms with Gasteiger partial charge in [-0.25, -0.2) is 4.68 Å². The molecule has 0 spiro atoms. The Morgan fingerprint density at radius 2 is 2.14 bits per heavy atom. The number of hydrogen-bond acceptors (Lipinski definition) is 5. The highest BCUT2D eigenvalue weighted by molar-refractivity contribution is 5.61. The summed E-state index contributed by atoms with van der Waals surface area (Å²) in [6.07, 6.45) is 3.56. The van der Waals surface area contributed by atoms with Crippen LogP contribution in [0.4, 0.5) is 11.5 Å². The maximum absolute atomic E-state index is 11.4. The molecule has 8 nitrogen and oxygen atoms in total. The van der Waals surface area contributed by atoms with E-state index in [2.05, 4.69) is 15.5 Å². The van der Waals surface area contributed by atoms with Gasteiger partial charge in [-0.15, -0.1) is 0 Å². The molecule has 1 atom stereocenters. The first-order valence-electron chi connectivity index (χ1n) is 6.85. The van der Waals surface area contributed by atoms with Crippen LogP contribution in [0.5, 0.6) is 0 Å². The number of rotatable bonds is 6. The highest BCUT2D eigenvalue weighted by Gasteiger charge is 2.29. The lowest BCUT2D eigenvalue weighted by atomic mass is 10.1. The maximum Gasteiger partial charge on any atom is 0.334 e. The highest BCUT2D eigenvalue weighted by atomic mass is 16.6. The molecule has 0 aliphatic heterocycles. The molecule has 2 aromatic rings. The van der Waals surface area contributed by atoms with Gasteiger partial charge in [-0.2, -0.15) is 10.2 Å². The summed E-state index contributed by atoms with van der Waals surface area (Å²) in [5, 5.41) is 22.9.